The van der Waals surface area contributed by atoms with Gasteiger partial charge in [-0.05, 0) is 19.4 Å². The normalized spacial score (nSPS) is 11.1. The molecule has 21 heavy (non-hydrogen) atoms. The summed E-state index contributed by atoms with van der Waals surface area (Å²) < 4.78 is 0. The fourth-order valence-electron chi connectivity index (χ4n) is 2.68. The van der Waals surface area contributed by atoms with Gasteiger partial charge in [-0.3, -0.25) is 20.2 Å². The van der Waals surface area contributed by atoms with Gasteiger partial charge in [0.2, 0.25) is 0 Å². The van der Waals surface area contributed by atoms with E-state index in [-0.39, 0.29) is 16.8 Å². The predicted molar refractivity (Wildman–Crippen MR) is 78.6 cm³/mol. The number of hydrogen-bond donors (Lipinski definition) is 1. The van der Waals surface area contributed by atoms with Crippen LogP contribution in [0, 0.1) is 34.1 Å². The highest BCUT2D eigenvalue weighted by Crippen LogP contribution is 2.39. The number of aryl methyl sites for hydroxylation is 2. The van der Waals surface area contributed by atoms with Crippen molar-refractivity contribution in [1.82, 2.24) is 4.98 Å². The quantitative estimate of drug-likeness (QED) is 0.572. The molecule has 0 amide bonds. The number of nitrogens with zero attached hydrogens (tertiary/aromatic N) is 2. The first-order valence-electron chi connectivity index (χ1n) is 6.25. The highest BCUT2D eigenvalue weighted by Gasteiger charge is 2.23. The third-order valence-corrected chi connectivity index (χ3v) is 3.78. The number of nitrogens with one attached hydrogen (secondary N) is 1. The smallest absolute Gasteiger partial charge is 0.279 e. The van der Waals surface area contributed by atoms with Crippen LogP contribution in [0.4, 0.5) is 11.4 Å². The Morgan fingerprint density at radius 1 is 1.00 bits per heavy atom. The van der Waals surface area contributed by atoms with Crippen molar-refractivity contribution in [3.8, 4) is 0 Å². The van der Waals surface area contributed by atoms with Crippen molar-refractivity contribution >= 4 is 33.1 Å². The molecule has 0 bridgehead atoms. The summed E-state index contributed by atoms with van der Waals surface area (Å²) >= 11 is 0. The summed E-state index contributed by atoms with van der Waals surface area (Å²) in [5.41, 5.74) is 1.91. The first-order valence-corrected chi connectivity index (χ1v) is 6.25. The molecular weight excluding hydrogens is 274 g/mol. The summed E-state index contributed by atoms with van der Waals surface area (Å²) in [5.74, 6) is 0. The Balaban J connectivity index is 2.62. The Morgan fingerprint density at radius 3 is 2.29 bits per heavy atom. The zero-order chi connectivity index (χ0) is 15.3. The van der Waals surface area contributed by atoms with Crippen molar-refractivity contribution < 1.29 is 9.85 Å². The number of rotatable bonds is 2. The van der Waals surface area contributed by atoms with Gasteiger partial charge in [-0.2, -0.15) is 0 Å². The average Bonchev–Trinajstić information content (AvgIpc) is 2.73. The third-order valence-electron chi connectivity index (χ3n) is 3.78. The molecule has 0 radical (unpaired) electrons. The molecule has 0 spiro atoms. The largest absolute Gasteiger partial charge is 0.358 e. The maximum Gasteiger partial charge on any atom is 0.279 e. The molecule has 0 saturated heterocycles. The minimum atomic E-state index is -0.527. The van der Waals surface area contributed by atoms with Crippen molar-refractivity contribution in [3.05, 3.63) is 55.8 Å². The van der Waals surface area contributed by atoms with Gasteiger partial charge in [-0.15, -0.1) is 0 Å². The number of nitro benzene ring substituents is 2. The van der Waals surface area contributed by atoms with E-state index in [1.165, 1.54) is 12.1 Å². The molecule has 1 aromatic heterocycles. The molecule has 106 valence electrons. The van der Waals surface area contributed by atoms with Crippen molar-refractivity contribution in [2.75, 3.05) is 0 Å². The second kappa shape index (κ2) is 4.27. The van der Waals surface area contributed by atoms with Crippen LogP contribution in [0.5, 0.6) is 0 Å². The second-order valence-corrected chi connectivity index (χ2v) is 4.91. The summed E-state index contributed by atoms with van der Waals surface area (Å²) in [6.45, 7) is 3.62. The molecule has 0 aliphatic rings. The molecule has 0 saturated carbocycles. The van der Waals surface area contributed by atoms with Crippen LogP contribution < -0.4 is 0 Å². The number of fused-ring (bicyclic) bond motifs is 3. The van der Waals surface area contributed by atoms with Crippen LogP contribution in [0.3, 0.4) is 0 Å². The van der Waals surface area contributed by atoms with Gasteiger partial charge >= 0.3 is 0 Å². The van der Waals surface area contributed by atoms with Crippen LogP contribution in [0.1, 0.15) is 11.3 Å². The van der Waals surface area contributed by atoms with Gasteiger partial charge in [-0.25, -0.2) is 0 Å². The van der Waals surface area contributed by atoms with E-state index in [9.17, 15) is 20.2 Å². The SMILES string of the molecule is Cc1[nH]c2c(c([N+](=O)[O-])cc3c([N+](=O)[O-])cccc32)c1C. The molecule has 0 unspecified atom stereocenters. The van der Waals surface area contributed by atoms with Gasteiger partial charge in [-0.1, -0.05) is 12.1 Å². The zero-order valence-corrected chi connectivity index (χ0v) is 11.3. The molecule has 7 heteroatoms. The Kier molecular flexibility index (Phi) is 2.65. The average molecular weight is 285 g/mol. The minimum Gasteiger partial charge on any atom is -0.358 e. The number of aromatic nitrogens is 1. The van der Waals surface area contributed by atoms with Crippen LogP contribution in [0.25, 0.3) is 21.7 Å². The lowest BCUT2D eigenvalue weighted by Gasteiger charge is -2.03. The molecule has 0 aliphatic heterocycles. The molecule has 0 aliphatic carbocycles. The lowest BCUT2D eigenvalue weighted by atomic mass is 10.0. The van der Waals surface area contributed by atoms with Gasteiger partial charge in [0.15, 0.2) is 0 Å². The van der Waals surface area contributed by atoms with Gasteiger partial charge in [0.05, 0.1) is 26.1 Å². The summed E-state index contributed by atoms with van der Waals surface area (Å²) in [5, 5.41) is 23.8. The van der Waals surface area contributed by atoms with Crippen molar-refractivity contribution in [1.29, 1.82) is 0 Å². The number of benzene rings is 2. The van der Waals surface area contributed by atoms with E-state index in [0.717, 1.165) is 11.3 Å². The number of H-pyrrole nitrogens is 1. The number of aromatic amines is 1. The maximum absolute atomic E-state index is 11.3. The highest BCUT2D eigenvalue weighted by molar-refractivity contribution is 6.13. The molecule has 1 N–H and O–H groups in total. The van der Waals surface area contributed by atoms with Gasteiger partial charge in [0.25, 0.3) is 11.4 Å². The first-order chi connectivity index (χ1) is 9.91. The second-order valence-electron chi connectivity index (χ2n) is 4.91. The predicted octanol–water partition coefficient (Wildman–Crippen LogP) is 3.75. The van der Waals surface area contributed by atoms with E-state index in [4.69, 9.17) is 0 Å². The Bertz CT molecular complexity index is 927. The number of non-ortho nitro benzene ring substituents is 2. The fraction of sp³-hybridized carbons (Fsp3) is 0.143. The molecule has 0 atom stereocenters. The van der Waals surface area contributed by atoms with Crippen LogP contribution in [-0.2, 0) is 0 Å². The zero-order valence-electron chi connectivity index (χ0n) is 11.3. The van der Waals surface area contributed by atoms with Crippen molar-refractivity contribution in [2.24, 2.45) is 0 Å². The number of nitro groups is 2. The van der Waals surface area contributed by atoms with Crippen LogP contribution in [0.15, 0.2) is 24.3 Å². The monoisotopic (exact) mass is 285 g/mol. The van der Waals surface area contributed by atoms with E-state index in [2.05, 4.69) is 4.98 Å². The molecule has 2 aromatic carbocycles. The van der Waals surface area contributed by atoms with Crippen molar-refractivity contribution in [3.63, 3.8) is 0 Å². The van der Waals surface area contributed by atoms with Gasteiger partial charge in [0.1, 0.15) is 0 Å². The van der Waals surface area contributed by atoms with Crippen LogP contribution in [0.2, 0.25) is 0 Å². The number of hydrogen-bond acceptors (Lipinski definition) is 4. The summed E-state index contributed by atoms with van der Waals surface area (Å²) in [6.07, 6.45) is 0. The molecule has 3 aromatic rings. The van der Waals surface area contributed by atoms with Crippen LogP contribution in [-0.4, -0.2) is 14.8 Å². The molecular formula is C14H11N3O4. The highest BCUT2D eigenvalue weighted by atomic mass is 16.6. The van der Waals surface area contributed by atoms with E-state index in [0.29, 0.717) is 16.3 Å². The van der Waals surface area contributed by atoms with Crippen molar-refractivity contribution in [2.45, 2.75) is 13.8 Å². The summed E-state index contributed by atoms with van der Waals surface area (Å²) in [7, 11) is 0. The molecule has 7 nitrogen and oxygen atoms in total. The third kappa shape index (κ3) is 1.74. The van der Waals surface area contributed by atoms with Gasteiger partial charge in [0, 0.05) is 23.2 Å². The Hall–Kier alpha value is -2.96. The van der Waals surface area contributed by atoms with E-state index >= 15 is 0 Å². The molecule has 1 heterocycles. The van der Waals surface area contributed by atoms with E-state index in [1.54, 1.807) is 19.1 Å². The lowest BCUT2D eigenvalue weighted by Crippen LogP contribution is -1.94. The standard InChI is InChI=1S/C14H11N3O4/c1-7-8(2)15-14-9-4-3-5-11(16(18)19)10(9)6-12(13(7)14)17(20)21/h3-6,15H,1-2H3. The Morgan fingerprint density at radius 2 is 1.67 bits per heavy atom. The van der Waals surface area contributed by atoms with Crippen LogP contribution >= 0.6 is 0 Å². The Labute approximate surface area is 118 Å². The molecule has 3 rings (SSSR count). The minimum absolute atomic E-state index is 0.117. The first kappa shape index (κ1) is 13.0. The van der Waals surface area contributed by atoms with E-state index in [1.807, 2.05) is 6.92 Å². The van der Waals surface area contributed by atoms with Gasteiger partial charge < -0.3 is 4.98 Å². The maximum atomic E-state index is 11.3. The summed E-state index contributed by atoms with van der Waals surface area (Å²) in [6, 6.07) is 5.94. The fourth-order valence-corrected chi connectivity index (χ4v) is 2.68. The summed E-state index contributed by atoms with van der Waals surface area (Å²) in [4.78, 5) is 24.5. The molecule has 0 fully saturated rings. The lowest BCUT2D eigenvalue weighted by molar-refractivity contribution is -0.384. The van der Waals surface area contributed by atoms with E-state index < -0.39 is 9.85 Å². The topological polar surface area (TPSA) is 102 Å².